The molecule has 0 spiro atoms. The smallest absolute Gasteiger partial charge is 0.0152 e. The Kier molecular flexibility index (Phi) is 5.66. The first-order valence-corrected chi connectivity index (χ1v) is 6.50. The summed E-state index contributed by atoms with van der Waals surface area (Å²) in [5.41, 5.74) is 1.26. The third kappa shape index (κ3) is 5.14. The van der Waals surface area contributed by atoms with Gasteiger partial charge in [-0.3, -0.25) is 0 Å². The minimum atomic E-state index is 0.557. The Morgan fingerprint density at radius 2 is 2.40 bits per heavy atom. The zero-order valence-corrected chi connectivity index (χ0v) is 10.6. The Morgan fingerprint density at radius 1 is 1.60 bits per heavy atom. The van der Waals surface area contributed by atoms with Gasteiger partial charge in [0.1, 0.15) is 0 Å². The number of nitrogens with one attached hydrogen (secondary N) is 1. The molecule has 1 unspecified atom stereocenters. The minimum Gasteiger partial charge on any atom is -0.313 e. The van der Waals surface area contributed by atoms with Gasteiger partial charge >= 0.3 is 0 Å². The van der Waals surface area contributed by atoms with Crippen LogP contribution in [0.1, 0.15) is 31.6 Å². The molecule has 1 aromatic rings. The van der Waals surface area contributed by atoms with Crippen LogP contribution in [0.4, 0.5) is 0 Å². The lowest BCUT2D eigenvalue weighted by atomic mass is 10.0. The monoisotopic (exact) mass is 223 g/mol. The molecule has 1 aromatic heterocycles. The largest absolute Gasteiger partial charge is 0.313 e. The van der Waals surface area contributed by atoms with Crippen molar-refractivity contribution in [2.45, 2.75) is 39.2 Å². The van der Waals surface area contributed by atoms with E-state index in [1.807, 2.05) is 11.3 Å². The molecule has 0 bridgehead atoms. The summed E-state index contributed by atoms with van der Waals surface area (Å²) < 4.78 is 0. The fourth-order valence-electron chi connectivity index (χ4n) is 1.66. The van der Waals surface area contributed by atoms with Gasteiger partial charge in [0.05, 0.1) is 0 Å². The predicted molar refractivity (Wildman–Crippen MR) is 69.5 cm³/mol. The third-order valence-electron chi connectivity index (χ3n) is 2.31. The molecule has 0 aliphatic heterocycles. The number of thiophene rings is 1. The molecule has 0 radical (unpaired) electrons. The van der Waals surface area contributed by atoms with Crippen molar-refractivity contribution >= 4 is 11.3 Å². The minimum absolute atomic E-state index is 0.557. The lowest BCUT2D eigenvalue weighted by molar-refractivity contribution is 0.506. The van der Waals surface area contributed by atoms with Gasteiger partial charge in [-0.15, -0.1) is 17.9 Å². The molecule has 2 heteroatoms. The first kappa shape index (κ1) is 12.5. The molecule has 0 aliphatic carbocycles. The number of hydrogen-bond donors (Lipinski definition) is 1. The lowest BCUT2D eigenvalue weighted by Crippen LogP contribution is -2.31. The second-order valence-corrected chi connectivity index (χ2v) is 5.13. The van der Waals surface area contributed by atoms with Crippen molar-refractivity contribution in [2.24, 2.45) is 0 Å². The molecule has 1 N–H and O–H groups in total. The summed E-state index contributed by atoms with van der Waals surface area (Å²) in [6, 6.07) is 4.89. The molecule has 0 aliphatic rings. The third-order valence-corrected chi connectivity index (χ3v) is 3.20. The van der Waals surface area contributed by atoms with Gasteiger partial charge in [-0.25, -0.2) is 0 Å². The van der Waals surface area contributed by atoms with Crippen LogP contribution in [-0.4, -0.2) is 12.6 Å². The molecule has 15 heavy (non-hydrogen) atoms. The summed E-state index contributed by atoms with van der Waals surface area (Å²) >= 11 is 1.84. The normalized spacial score (nSPS) is 12.7. The zero-order valence-electron chi connectivity index (χ0n) is 9.75. The van der Waals surface area contributed by atoms with Gasteiger partial charge in [-0.1, -0.05) is 18.6 Å². The molecule has 84 valence electrons. The van der Waals surface area contributed by atoms with Crippen LogP contribution in [0, 0.1) is 0 Å². The van der Waals surface area contributed by atoms with Crippen molar-refractivity contribution in [3.05, 3.63) is 34.5 Å². The second kappa shape index (κ2) is 6.81. The van der Waals surface area contributed by atoms with Gasteiger partial charge in [0.25, 0.3) is 0 Å². The van der Waals surface area contributed by atoms with Crippen molar-refractivity contribution in [1.29, 1.82) is 0 Å². The van der Waals surface area contributed by atoms with E-state index in [2.05, 4.69) is 43.3 Å². The summed E-state index contributed by atoms with van der Waals surface area (Å²) in [7, 11) is 0. The zero-order chi connectivity index (χ0) is 11.1. The predicted octanol–water partition coefficient (Wildman–Crippen LogP) is 3.63. The molecule has 0 aromatic carbocycles. The van der Waals surface area contributed by atoms with E-state index in [-0.39, 0.29) is 0 Å². The number of rotatable bonds is 7. The van der Waals surface area contributed by atoms with Crippen molar-refractivity contribution in [2.75, 3.05) is 6.54 Å². The van der Waals surface area contributed by atoms with Crippen LogP contribution in [-0.2, 0) is 6.42 Å². The standard InChI is InChI=1S/C13H21NS/c1-4-7-14-12(9-11(2)3)10-13-6-5-8-15-13/h5-6,8,12,14H,2,4,7,9-10H2,1,3H3. The van der Waals surface area contributed by atoms with E-state index in [1.165, 1.54) is 16.9 Å². The summed E-state index contributed by atoms with van der Waals surface area (Å²) in [6.45, 7) is 9.41. The highest BCUT2D eigenvalue weighted by Crippen LogP contribution is 2.14. The fourth-order valence-corrected chi connectivity index (χ4v) is 2.44. The highest BCUT2D eigenvalue weighted by atomic mass is 32.1. The van der Waals surface area contributed by atoms with E-state index in [0.29, 0.717) is 6.04 Å². The van der Waals surface area contributed by atoms with E-state index >= 15 is 0 Å². The van der Waals surface area contributed by atoms with Gasteiger partial charge in [0.2, 0.25) is 0 Å². The quantitative estimate of drug-likeness (QED) is 0.696. The Labute approximate surface area is 97.2 Å². The summed E-state index contributed by atoms with van der Waals surface area (Å²) in [4.78, 5) is 1.46. The van der Waals surface area contributed by atoms with Crippen LogP contribution in [0.3, 0.4) is 0 Å². The Hall–Kier alpha value is -0.600. The molecule has 0 fully saturated rings. The molecular formula is C13H21NS. The first-order chi connectivity index (χ1) is 7.22. The van der Waals surface area contributed by atoms with E-state index in [9.17, 15) is 0 Å². The van der Waals surface area contributed by atoms with Gasteiger partial charge in [-0.05, 0) is 44.2 Å². The van der Waals surface area contributed by atoms with Gasteiger partial charge in [0, 0.05) is 10.9 Å². The fraction of sp³-hybridized carbons (Fsp3) is 0.538. The molecule has 0 saturated heterocycles. The van der Waals surface area contributed by atoms with E-state index in [4.69, 9.17) is 0 Å². The SMILES string of the molecule is C=C(C)CC(Cc1cccs1)NCCC. The molecular weight excluding hydrogens is 202 g/mol. The van der Waals surface area contributed by atoms with Crippen LogP contribution in [0.25, 0.3) is 0 Å². The van der Waals surface area contributed by atoms with Crippen LogP contribution in [0.15, 0.2) is 29.7 Å². The highest BCUT2D eigenvalue weighted by Gasteiger charge is 2.09. The van der Waals surface area contributed by atoms with Crippen LogP contribution in [0.5, 0.6) is 0 Å². The Balaban J connectivity index is 2.44. The second-order valence-electron chi connectivity index (χ2n) is 4.10. The Morgan fingerprint density at radius 3 is 2.93 bits per heavy atom. The lowest BCUT2D eigenvalue weighted by Gasteiger charge is -2.17. The average Bonchev–Trinajstić information content (AvgIpc) is 2.66. The summed E-state index contributed by atoms with van der Waals surface area (Å²) in [5, 5.41) is 5.73. The van der Waals surface area contributed by atoms with Crippen LogP contribution >= 0.6 is 11.3 Å². The van der Waals surface area contributed by atoms with Gasteiger partial charge < -0.3 is 5.32 Å². The van der Waals surface area contributed by atoms with Crippen LogP contribution < -0.4 is 5.32 Å². The molecule has 1 heterocycles. The van der Waals surface area contributed by atoms with E-state index in [1.54, 1.807) is 0 Å². The maximum absolute atomic E-state index is 4.00. The maximum Gasteiger partial charge on any atom is 0.0152 e. The molecule has 1 rings (SSSR count). The van der Waals surface area contributed by atoms with Gasteiger partial charge in [0.15, 0.2) is 0 Å². The number of hydrogen-bond acceptors (Lipinski definition) is 2. The van der Waals surface area contributed by atoms with Gasteiger partial charge in [-0.2, -0.15) is 0 Å². The highest BCUT2D eigenvalue weighted by molar-refractivity contribution is 7.09. The maximum atomic E-state index is 4.00. The average molecular weight is 223 g/mol. The van der Waals surface area contributed by atoms with Crippen LogP contribution in [0.2, 0.25) is 0 Å². The topological polar surface area (TPSA) is 12.0 Å². The molecule has 0 saturated carbocycles. The Bertz CT molecular complexity index is 277. The first-order valence-electron chi connectivity index (χ1n) is 5.62. The van der Waals surface area contributed by atoms with Crippen molar-refractivity contribution < 1.29 is 0 Å². The van der Waals surface area contributed by atoms with Crippen molar-refractivity contribution in [3.63, 3.8) is 0 Å². The summed E-state index contributed by atoms with van der Waals surface area (Å²) in [6.07, 6.45) is 3.40. The van der Waals surface area contributed by atoms with E-state index in [0.717, 1.165) is 19.4 Å². The van der Waals surface area contributed by atoms with Crippen molar-refractivity contribution in [3.8, 4) is 0 Å². The summed E-state index contributed by atoms with van der Waals surface area (Å²) in [5.74, 6) is 0. The molecule has 1 nitrogen and oxygen atoms in total. The molecule has 1 atom stereocenters. The van der Waals surface area contributed by atoms with E-state index < -0.39 is 0 Å². The molecule has 0 amide bonds. The van der Waals surface area contributed by atoms with Crippen molar-refractivity contribution in [1.82, 2.24) is 5.32 Å².